The number of fused-ring (bicyclic) bond motifs is 1. The summed E-state index contributed by atoms with van der Waals surface area (Å²) in [4.78, 5) is 11.0. The minimum absolute atomic E-state index is 0.212. The molecule has 1 aliphatic heterocycles. The zero-order valence-corrected chi connectivity index (χ0v) is 14.8. The van der Waals surface area contributed by atoms with E-state index in [9.17, 15) is 8.42 Å². The number of aliphatic imine (C=N–C) groups is 1. The molecule has 1 aliphatic carbocycles. The summed E-state index contributed by atoms with van der Waals surface area (Å²) < 4.78 is 23.5. The third-order valence-corrected chi connectivity index (χ3v) is 5.83. The Labute approximate surface area is 147 Å². The molecule has 2 heterocycles. The largest absolute Gasteiger partial charge is 0.363 e. The van der Waals surface area contributed by atoms with E-state index in [1.165, 1.54) is 23.6 Å². The number of pyridine rings is 1. The molecular weight excluding hydrogens is 334 g/mol. The molecule has 0 unspecified atom stereocenters. The first-order chi connectivity index (χ1) is 12.0. The van der Waals surface area contributed by atoms with Gasteiger partial charge in [0.15, 0.2) is 9.84 Å². The average Bonchev–Trinajstić information content (AvgIpc) is 3.05. The van der Waals surface area contributed by atoms with Gasteiger partial charge in [-0.3, -0.25) is 9.98 Å². The average molecular weight is 353 g/mol. The van der Waals surface area contributed by atoms with E-state index < -0.39 is 9.84 Å². The van der Waals surface area contributed by atoms with Crippen LogP contribution in [0.3, 0.4) is 0 Å². The Hall–Kier alpha value is -2.47. The van der Waals surface area contributed by atoms with Gasteiger partial charge < -0.3 is 4.90 Å². The molecule has 0 N–H and O–H groups in total. The van der Waals surface area contributed by atoms with Crippen molar-refractivity contribution in [2.75, 3.05) is 12.8 Å². The molecule has 0 saturated carbocycles. The minimum Gasteiger partial charge on any atom is -0.363 e. The van der Waals surface area contributed by atoms with Crippen molar-refractivity contribution in [1.82, 2.24) is 9.88 Å². The number of rotatable bonds is 3. The van der Waals surface area contributed by atoms with E-state index in [1.807, 2.05) is 12.4 Å². The lowest BCUT2D eigenvalue weighted by Gasteiger charge is -2.29. The minimum atomic E-state index is -3.29. The van der Waals surface area contributed by atoms with Crippen molar-refractivity contribution in [3.05, 3.63) is 65.6 Å². The number of sulfone groups is 1. The highest BCUT2D eigenvalue weighted by molar-refractivity contribution is 7.90. The van der Waals surface area contributed by atoms with Crippen LogP contribution in [-0.4, -0.2) is 37.3 Å². The van der Waals surface area contributed by atoms with E-state index in [0.29, 0.717) is 6.04 Å². The second-order valence-electron chi connectivity index (χ2n) is 6.46. The third kappa shape index (κ3) is 3.09. The second-order valence-corrected chi connectivity index (χ2v) is 8.47. The first-order valence-electron chi connectivity index (χ1n) is 8.26. The summed E-state index contributed by atoms with van der Waals surface area (Å²) in [7, 11) is -3.29. The molecule has 25 heavy (non-hydrogen) atoms. The zero-order valence-electron chi connectivity index (χ0n) is 14.0. The van der Waals surface area contributed by atoms with Crippen LogP contribution < -0.4 is 0 Å². The number of aromatic nitrogens is 1. The fourth-order valence-corrected chi connectivity index (χ4v) is 4.08. The van der Waals surface area contributed by atoms with Crippen molar-refractivity contribution < 1.29 is 8.42 Å². The van der Waals surface area contributed by atoms with Crippen LogP contribution in [0.1, 0.15) is 29.2 Å². The van der Waals surface area contributed by atoms with E-state index in [0.717, 1.165) is 30.6 Å². The summed E-state index contributed by atoms with van der Waals surface area (Å²) in [5.74, 6) is 0. The van der Waals surface area contributed by atoms with Crippen LogP contribution >= 0.6 is 0 Å². The Morgan fingerprint density at radius 1 is 1.20 bits per heavy atom. The lowest BCUT2D eigenvalue weighted by atomic mass is 10.1. The zero-order chi connectivity index (χ0) is 17.4. The number of hydrogen-bond donors (Lipinski definition) is 0. The van der Waals surface area contributed by atoms with Crippen molar-refractivity contribution >= 4 is 21.7 Å². The lowest BCUT2D eigenvalue weighted by Crippen LogP contribution is -2.26. The topological polar surface area (TPSA) is 62.6 Å². The summed E-state index contributed by atoms with van der Waals surface area (Å²) in [5.41, 5.74) is 4.24. The van der Waals surface area contributed by atoms with E-state index in [2.05, 4.69) is 39.1 Å². The molecule has 0 saturated heterocycles. The van der Waals surface area contributed by atoms with E-state index in [1.54, 1.807) is 12.3 Å². The molecule has 0 fully saturated rings. The fourth-order valence-electron chi connectivity index (χ4n) is 3.48. The van der Waals surface area contributed by atoms with Crippen molar-refractivity contribution in [3.8, 4) is 0 Å². The van der Waals surface area contributed by atoms with Gasteiger partial charge in [0.25, 0.3) is 0 Å². The molecule has 4 rings (SSSR count). The van der Waals surface area contributed by atoms with Crippen molar-refractivity contribution in [3.63, 3.8) is 0 Å². The highest BCUT2D eigenvalue weighted by atomic mass is 32.2. The van der Waals surface area contributed by atoms with E-state index in [4.69, 9.17) is 0 Å². The predicted octanol–water partition coefficient (Wildman–Crippen LogP) is 2.86. The van der Waals surface area contributed by atoms with Gasteiger partial charge in [0.2, 0.25) is 0 Å². The van der Waals surface area contributed by atoms with Gasteiger partial charge in [-0.2, -0.15) is 0 Å². The Bertz CT molecular complexity index is 980. The van der Waals surface area contributed by atoms with Crippen molar-refractivity contribution in [2.45, 2.75) is 23.8 Å². The van der Waals surface area contributed by atoms with Crippen LogP contribution in [0.5, 0.6) is 0 Å². The van der Waals surface area contributed by atoms with Crippen LogP contribution in [-0.2, 0) is 16.3 Å². The van der Waals surface area contributed by atoms with Gasteiger partial charge >= 0.3 is 0 Å². The molecule has 128 valence electrons. The van der Waals surface area contributed by atoms with Crippen molar-refractivity contribution in [2.24, 2.45) is 4.99 Å². The molecule has 2 aromatic rings. The molecule has 2 aliphatic rings. The van der Waals surface area contributed by atoms with Gasteiger partial charge in [-0.1, -0.05) is 24.3 Å². The molecular formula is C19H19N3O2S. The monoisotopic (exact) mass is 353 g/mol. The molecule has 5 nitrogen and oxygen atoms in total. The van der Waals surface area contributed by atoms with Gasteiger partial charge in [-0.25, -0.2) is 8.42 Å². The maximum absolute atomic E-state index is 11.8. The fraction of sp³-hybridized carbons (Fsp3) is 0.263. The van der Waals surface area contributed by atoms with Crippen LogP contribution in [0.4, 0.5) is 0 Å². The Morgan fingerprint density at radius 3 is 2.88 bits per heavy atom. The SMILES string of the molecule is CS(=O)(=O)c1cncc(C2=CN([C@@H]3CCc4ccccc43)CC=N2)c1. The standard InChI is InChI=1S/C19H19N3O2S/c1-25(23,24)16-10-15(11-20-12-16)18-13-22(9-8-21-18)19-7-6-14-4-2-3-5-17(14)19/h2-5,8,10-13,19H,6-7,9H2,1H3/t19-/m1/s1. The summed E-state index contributed by atoms with van der Waals surface area (Å²) in [6, 6.07) is 10.5. The maximum atomic E-state index is 11.8. The predicted molar refractivity (Wildman–Crippen MR) is 98.0 cm³/mol. The van der Waals surface area contributed by atoms with E-state index in [-0.39, 0.29) is 4.90 Å². The molecule has 6 heteroatoms. The molecule has 0 radical (unpaired) electrons. The number of benzene rings is 1. The molecule has 1 aromatic carbocycles. The van der Waals surface area contributed by atoms with Gasteiger partial charge in [0.1, 0.15) is 0 Å². The molecule has 0 amide bonds. The quantitative estimate of drug-likeness (QED) is 0.851. The number of aryl methyl sites for hydroxylation is 1. The molecule has 1 aromatic heterocycles. The summed E-state index contributed by atoms with van der Waals surface area (Å²) >= 11 is 0. The smallest absolute Gasteiger partial charge is 0.177 e. The van der Waals surface area contributed by atoms with Crippen LogP contribution in [0, 0.1) is 0 Å². The summed E-state index contributed by atoms with van der Waals surface area (Å²) in [6.45, 7) is 0.752. The highest BCUT2D eigenvalue weighted by Gasteiger charge is 2.27. The Kier molecular flexibility index (Phi) is 3.92. The lowest BCUT2D eigenvalue weighted by molar-refractivity contribution is 0.315. The van der Waals surface area contributed by atoms with Gasteiger partial charge in [-0.05, 0) is 30.0 Å². The van der Waals surface area contributed by atoms with Gasteiger partial charge in [0, 0.05) is 36.6 Å². The second kappa shape index (κ2) is 6.11. The highest BCUT2D eigenvalue weighted by Crippen LogP contribution is 2.37. The normalized spacial score (nSPS) is 19.6. The maximum Gasteiger partial charge on any atom is 0.177 e. The third-order valence-electron chi connectivity index (χ3n) is 4.75. The summed E-state index contributed by atoms with van der Waals surface area (Å²) in [5, 5.41) is 0. The molecule has 1 atom stereocenters. The number of nitrogens with zero attached hydrogens (tertiary/aromatic N) is 3. The first-order valence-corrected chi connectivity index (χ1v) is 10.1. The summed E-state index contributed by atoms with van der Waals surface area (Å²) in [6.07, 6.45) is 10.3. The van der Waals surface area contributed by atoms with Crippen molar-refractivity contribution in [1.29, 1.82) is 0 Å². The van der Waals surface area contributed by atoms with Gasteiger partial charge in [0.05, 0.1) is 23.2 Å². The van der Waals surface area contributed by atoms with E-state index >= 15 is 0 Å². The van der Waals surface area contributed by atoms with Crippen LogP contribution in [0.15, 0.2) is 58.8 Å². The Morgan fingerprint density at radius 2 is 2.04 bits per heavy atom. The van der Waals surface area contributed by atoms with Crippen LogP contribution in [0.2, 0.25) is 0 Å². The molecule has 0 bridgehead atoms. The molecule has 0 spiro atoms. The Balaban J connectivity index is 1.67. The number of hydrogen-bond acceptors (Lipinski definition) is 5. The first kappa shape index (κ1) is 16.0. The van der Waals surface area contributed by atoms with Gasteiger partial charge in [-0.15, -0.1) is 0 Å². The van der Waals surface area contributed by atoms with Crippen LogP contribution in [0.25, 0.3) is 5.70 Å².